The highest BCUT2D eigenvalue weighted by atomic mass is 16.5. The fourth-order valence-electron chi connectivity index (χ4n) is 2.77. The first-order valence-electron chi connectivity index (χ1n) is 7.44. The van der Waals surface area contributed by atoms with Gasteiger partial charge in [0.15, 0.2) is 0 Å². The molecule has 4 heteroatoms. The van der Waals surface area contributed by atoms with Gasteiger partial charge in [-0.15, -0.1) is 0 Å². The Labute approximate surface area is 121 Å². The van der Waals surface area contributed by atoms with Gasteiger partial charge in [0.05, 0.1) is 13.7 Å². The third-order valence-corrected chi connectivity index (χ3v) is 4.05. The van der Waals surface area contributed by atoms with Crippen molar-refractivity contribution in [1.29, 1.82) is 0 Å². The molecule has 112 valence electrons. The monoisotopic (exact) mass is 278 g/mol. The van der Waals surface area contributed by atoms with Gasteiger partial charge in [0.25, 0.3) is 0 Å². The molecule has 20 heavy (non-hydrogen) atoms. The van der Waals surface area contributed by atoms with Crippen LogP contribution in [0, 0.1) is 0 Å². The van der Waals surface area contributed by atoms with E-state index in [2.05, 4.69) is 11.9 Å². The molecule has 1 saturated heterocycles. The van der Waals surface area contributed by atoms with E-state index in [0.717, 1.165) is 30.1 Å². The largest absolute Gasteiger partial charge is 0.497 e. The molecular weight excluding hydrogens is 252 g/mol. The average molecular weight is 278 g/mol. The Kier molecular flexibility index (Phi) is 5.68. The first-order chi connectivity index (χ1) is 9.72. The van der Waals surface area contributed by atoms with Crippen LogP contribution >= 0.6 is 0 Å². The van der Waals surface area contributed by atoms with Crippen LogP contribution < -0.4 is 15.2 Å². The summed E-state index contributed by atoms with van der Waals surface area (Å²) in [6.07, 6.45) is 5.02. The van der Waals surface area contributed by atoms with Crippen LogP contribution in [-0.4, -0.2) is 38.3 Å². The predicted molar refractivity (Wildman–Crippen MR) is 81.3 cm³/mol. The minimum atomic E-state index is 0.499. The molecule has 0 radical (unpaired) electrons. The SMILES string of the molecule is COc1cc(CN)cc(OCCC2CCCCN2C)c1. The highest BCUT2D eigenvalue weighted by molar-refractivity contribution is 5.38. The number of nitrogens with zero attached hydrogens (tertiary/aromatic N) is 1. The number of likely N-dealkylation sites (tertiary alicyclic amines) is 1. The van der Waals surface area contributed by atoms with Crippen molar-refractivity contribution < 1.29 is 9.47 Å². The number of nitrogens with two attached hydrogens (primary N) is 1. The first kappa shape index (κ1) is 15.1. The Hall–Kier alpha value is -1.26. The molecule has 0 spiro atoms. The van der Waals surface area contributed by atoms with E-state index in [-0.39, 0.29) is 0 Å². The summed E-state index contributed by atoms with van der Waals surface area (Å²) in [5, 5.41) is 0. The molecule has 0 aliphatic carbocycles. The fraction of sp³-hybridized carbons (Fsp3) is 0.625. The van der Waals surface area contributed by atoms with Gasteiger partial charge in [-0.05, 0) is 50.6 Å². The molecule has 0 amide bonds. The van der Waals surface area contributed by atoms with Gasteiger partial charge >= 0.3 is 0 Å². The van der Waals surface area contributed by atoms with Crippen LogP contribution in [0.15, 0.2) is 18.2 Å². The van der Waals surface area contributed by atoms with E-state index in [1.807, 2.05) is 18.2 Å². The van der Waals surface area contributed by atoms with Crippen molar-refractivity contribution in [2.24, 2.45) is 5.73 Å². The lowest BCUT2D eigenvalue weighted by Crippen LogP contribution is -2.37. The minimum absolute atomic E-state index is 0.499. The Morgan fingerprint density at radius 1 is 1.25 bits per heavy atom. The number of hydrogen-bond donors (Lipinski definition) is 1. The lowest BCUT2D eigenvalue weighted by Gasteiger charge is -2.32. The first-order valence-corrected chi connectivity index (χ1v) is 7.44. The summed E-state index contributed by atoms with van der Waals surface area (Å²) in [5.41, 5.74) is 6.72. The second-order valence-electron chi connectivity index (χ2n) is 5.49. The van der Waals surface area contributed by atoms with E-state index in [1.165, 1.54) is 25.8 Å². The fourth-order valence-corrected chi connectivity index (χ4v) is 2.77. The smallest absolute Gasteiger partial charge is 0.123 e. The van der Waals surface area contributed by atoms with Crippen molar-refractivity contribution in [1.82, 2.24) is 4.90 Å². The molecule has 1 fully saturated rings. The zero-order valence-corrected chi connectivity index (χ0v) is 12.6. The zero-order valence-electron chi connectivity index (χ0n) is 12.6. The van der Waals surface area contributed by atoms with E-state index in [4.69, 9.17) is 15.2 Å². The molecule has 0 aromatic heterocycles. The van der Waals surface area contributed by atoms with E-state index in [9.17, 15) is 0 Å². The molecule has 1 heterocycles. The maximum absolute atomic E-state index is 5.88. The molecule has 1 atom stereocenters. The molecule has 2 N–H and O–H groups in total. The summed E-state index contributed by atoms with van der Waals surface area (Å²) >= 11 is 0. The van der Waals surface area contributed by atoms with Crippen LogP contribution in [-0.2, 0) is 6.54 Å². The molecule has 1 aliphatic rings. The van der Waals surface area contributed by atoms with Crippen molar-refractivity contribution in [2.45, 2.75) is 38.3 Å². The molecule has 1 aromatic carbocycles. The number of hydrogen-bond acceptors (Lipinski definition) is 4. The van der Waals surface area contributed by atoms with Crippen molar-refractivity contribution in [3.8, 4) is 11.5 Å². The topological polar surface area (TPSA) is 47.7 Å². The number of methoxy groups -OCH3 is 1. The number of benzene rings is 1. The maximum atomic E-state index is 5.88. The van der Waals surface area contributed by atoms with E-state index in [1.54, 1.807) is 7.11 Å². The molecule has 4 nitrogen and oxygen atoms in total. The van der Waals surface area contributed by atoms with E-state index >= 15 is 0 Å². The van der Waals surface area contributed by atoms with Crippen LogP contribution in [0.4, 0.5) is 0 Å². The van der Waals surface area contributed by atoms with Crippen molar-refractivity contribution >= 4 is 0 Å². The van der Waals surface area contributed by atoms with E-state index < -0.39 is 0 Å². The zero-order chi connectivity index (χ0) is 14.4. The third-order valence-electron chi connectivity index (χ3n) is 4.05. The van der Waals surface area contributed by atoms with Gasteiger partial charge in [0.1, 0.15) is 11.5 Å². The Balaban J connectivity index is 1.86. The third kappa shape index (κ3) is 4.12. The van der Waals surface area contributed by atoms with Crippen molar-refractivity contribution in [3.05, 3.63) is 23.8 Å². The average Bonchev–Trinajstić information content (AvgIpc) is 2.48. The van der Waals surface area contributed by atoms with Gasteiger partial charge in [-0.1, -0.05) is 6.42 Å². The predicted octanol–water partition coefficient (Wildman–Crippen LogP) is 2.41. The summed E-state index contributed by atoms with van der Waals surface area (Å²) < 4.78 is 11.1. The Bertz CT molecular complexity index is 401. The molecule has 0 saturated carbocycles. The molecule has 1 unspecified atom stereocenters. The number of ether oxygens (including phenoxy) is 2. The number of piperidine rings is 1. The maximum Gasteiger partial charge on any atom is 0.123 e. The van der Waals surface area contributed by atoms with Crippen LogP contribution in [0.3, 0.4) is 0 Å². The van der Waals surface area contributed by atoms with Crippen LogP contribution in [0.1, 0.15) is 31.2 Å². The van der Waals surface area contributed by atoms with Gasteiger partial charge in [-0.25, -0.2) is 0 Å². The second-order valence-corrected chi connectivity index (χ2v) is 5.49. The summed E-state index contributed by atoms with van der Waals surface area (Å²) in [5.74, 6) is 1.65. The van der Waals surface area contributed by atoms with Gasteiger partial charge in [-0.3, -0.25) is 0 Å². The van der Waals surface area contributed by atoms with E-state index in [0.29, 0.717) is 12.6 Å². The molecule has 2 rings (SSSR count). The normalized spacial score (nSPS) is 19.9. The lowest BCUT2D eigenvalue weighted by atomic mass is 10.0. The van der Waals surface area contributed by atoms with Gasteiger partial charge in [0.2, 0.25) is 0 Å². The van der Waals surface area contributed by atoms with Crippen molar-refractivity contribution in [3.63, 3.8) is 0 Å². The summed E-state index contributed by atoms with van der Waals surface area (Å²) in [6.45, 7) is 2.45. The highest BCUT2D eigenvalue weighted by Crippen LogP contribution is 2.23. The molecule has 0 bridgehead atoms. The molecule has 1 aromatic rings. The quantitative estimate of drug-likeness (QED) is 0.868. The van der Waals surface area contributed by atoms with Crippen LogP contribution in [0.5, 0.6) is 11.5 Å². The summed E-state index contributed by atoms with van der Waals surface area (Å²) in [6, 6.07) is 6.52. The summed E-state index contributed by atoms with van der Waals surface area (Å²) in [4.78, 5) is 2.45. The lowest BCUT2D eigenvalue weighted by molar-refractivity contribution is 0.153. The van der Waals surface area contributed by atoms with Gasteiger partial charge < -0.3 is 20.1 Å². The molecule has 1 aliphatic heterocycles. The number of rotatable bonds is 6. The highest BCUT2D eigenvalue weighted by Gasteiger charge is 2.18. The Morgan fingerprint density at radius 3 is 2.75 bits per heavy atom. The second kappa shape index (κ2) is 7.50. The Morgan fingerprint density at radius 2 is 2.05 bits per heavy atom. The van der Waals surface area contributed by atoms with Crippen LogP contribution in [0.25, 0.3) is 0 Å². The van der Waals surface area contributed by atoms with Gasteiger partial charge in [0, 0.05) is 18.7 Å². The van der Waals surface area contributed by atoms with Crippen molar-refractivity contribution in [2.75, 3.05) is 27.3 Å². The molecular formula is C16H26N2O2. The van der Waals surface area contributed by atoms with Crippen LogP contribution in [0.2, 0.25) is 0 Å². The minimum Gasteiger partial charge on any atom is -0.497 e. The summed E-state index contributed by atoms with van der Waals surface area (Å²) in [7, 11) is 3.87. The standard InChI is InChI=1S/C16H26N2O2/c1-18-7-4-3-5-14(18)6-8-20-16-10-13(12-17)9-15(11-16)19-2/h9-11,14H,3-8,12,17H2,1-2H3. The van der Waals surface area contributed by atoms with Gasteiger partial charge in [-0.2, -0.15) is 0 Å².